The number of fused-ring (bicyclic) bond motifs is 3. The minimum absolute atomic E-state index is 0.101. The first-order valence-electron chi connectivity index (χ1n) is 10.2. The van der Waals surface area contributed by atoms with Gasteiger partial charge in [-0.15, -0.1) is 0 Å². The lowest BCUT2D eigenvalue weighted by Gasteiger charge is -2.41. The smallest absolute Gasteiger partial charge is 0.313 e. The normalized spacial score (nSPS) is 34.7. The van der Waals surface area contributed by atoms with Crippen LogP contribution in [0.1, 0.15) is 24.8 Å². The fourth-order valence-corrected chi connectivity index (χ4v) is 6.36. The van der Waals surface area contributed by atoms with Gasteiger partial charge in [0.05, 0.1) is 38.8 Å². The maximum absolute atomic E-state index is 13.5. The standard InChI is InChI=1S/C23H26O6/c1-26-19(24)17-16-12-15(14-6-4-3-5-7-14)13-23(17,21(25)27-2)18(22(16)8-9-22)20-28-10-11-29-20/h3-7,12,16-18,20H,8-11,13H2,1-2H3/t16-,17-,18-,23-/m1/s1. The predicted octanol–water partition coefficient (Wildman–Crippen LogP) is 2.82. The maximum atomic E-state index is 13.5. The molecule has 4 atom stereocenters. The zero-order valence-electron chi connectivity index (χ0n) is 16.8. The minimum atomic E-state index is -1.06. The van der Waals surface area contributed by atoms with E-state index in [0.717, 1.165) is 24.0 Å². The summed E-state index contributed by atoms with van der Waals surface area (Å²) in [6.07, 6.45) is 4.00. The third-order valence-electron chi connectivity index (χ3n) is 7.53. The topological polar surface area (TPSA) is 71.1 Å². The Morgan fingerprint density at radius 2 is 1.72 bits per heavy atom. The van der Waals surface area contributed by atoms with E-state index in [4.69, 9.17) is 18.9 Å². The Hall–Kier alpha value is -2.18. The Balaban J connectivity index is 1.71. The lowest BCUT2D eigenvalue weighted by molar-refractivity contribution is -0.182. The van der Waals surface area contributed by atoms with Gasteiger partial charge >= 0.3 is 11.9 Å². The molecule has 1 heterocycles. The number of hydrogen-bond acceptors (Lipinski definition) is 6. The van der Waals surface area contributed by atoms with E-state index in [1.165, 1.54) is 14.2 Å². The Bertz CT molecular complexity index is 851. The number of carbonyl (C=O) groups is 2. The Morgan fingerprint density at radius 1 is 1.03 bits per heavy atom. The first-order chi connectivity index (χ1) is 14.1. The molecule has 0 unspecified atom stereocenters. The summed E-state index contributed by atoms with van der Waals surface area (Å²) < 4.78 is 22.4. The van der Waals surface area contributed by atoms with Crippen molar-refractivity contribution in [3.8, 4) is 0 Å². The van der Waals surface area contributed by atoms with E-state index in [2.05, 4.69) is 6.08 Å². The van der Waals surface area contributed by atoms with E-state index in [-0.39, 0.29) is 29.2 Å². The van der Waals surface area contributed by atoms with E-state index in [1.54, 1.807) is 0 Å². The van der Waals surface area contributed by atoms with Gasteiger partial charge < -0.3 is 18.9 Å². The molecule has 3 fully saturated rings. The average Bonchev–Trinajstić information content (AvgIpc) is 3.33. The molecule has 1 aliphatic heterocycles. The van der Waals surface area contributed by atoms with Crippen LogP contribution in [0.25, 0.3) is 5.57 Å². The molecular weight excluding hydrogens is 372 g/mol. The van der Waals surface area contributed by atoms with Crippen LogP contribution in [0, 0.1) is 28.6 Å². The highest BCUT2D eigenvalue weighted by molar-refractivity contribution is 5.91. The van der Waals surface area contributed by atoms with Crippen molar-refractivity contribution in [3.05, 3.63) is 42.0 Å². The van der Waals surface area contributed by atoms with Gasteiger partial charge in [0.25, 0.3) is 0 Å². The van der Waals surface area contributed by atoms with Crippen LogP contribution in [0.4, 0.5) is 0 Å². The molecule has 5 rings (SSSR count). The number of esters is 2. The Morgan fingerprint density at radius 3 is 2.31 bits per heavy atom. The van der Waals surface area contributed by atoms with Crippen LogP contribution in [0.3, 0.4) is 0 Å². The lowest BCUT2D eigenvalue weighted by atomic mass is 9.63. The third-order valence-corrected chi connectivity index (χ3v) is 7.53. The summed E-state index contributed by atoms with van der Waals surface area (Å²) in [5.41, 5.74) is 0.892. The van der Waals surface area contributed by atoms with Gasteiger partial charge in [-0.05, 0) is 41.7 Å². The van der Waals surface area contributed by atoms with E-state index in [0.29, 0.717) is 19.6 Å². The maximum Gasteiger partial charge on any atom is 0.313 e. The number of hydrogen-bond donors (Lipinski definition) is 0. The van der Waals surface area contributed by atoms with Gasteiger partial charge in [-0.2, -0.15) is 0 Å². The van der Waals surface area contributed by atoms with Crippen molar-refractivity contribution in [1.82, 2.24) is 0 Å². The number of benzene rings is 1. The highest BCUT2D eigenvalue weighted by atomic mass is 16.7. The number of methoxy groups -OCH3 is 2. The van der Waals surface area contributed by atoms with Crippen molar-refractivity contribution in [2.45, 2.75) is 25.6 Å². The molecule has 29 heavy (non-hydrogen) atoms. The summed E-state index contributed by atoms with van der Waals surface area (Å²) in [7, 11) is 2.78. The summed E-state index contributed by atoms with van der Waals surface area (Å²) >= 11 is 0. The molecule has 1 spiro atoms. The van der Waals surface area contributed by atoms with Gasteiger partial charge in [-0.25, -0.2) is 0 Å². The zero-order chi connectivity index (χ0) is 20.2. The van der Waals surface area contributed by atoms with Crippen LogP contribution in [-0.2, 0) is 28.5 Å². The molecule has 6 heteroatoms. The molecule has 2 saturated carbocycles. The summed E-state index contributed by atoms with van der Waals surface area (Å²) in [6, 6.07) is 10.0. The van der Waals surface area contributed by atoms with Crippen molar-refractivity contribution in [2.75, 3.05) is 27.4 Å². The molecule has 154 valence electrons. The predicted molar refractivity (Wildman–Crippen MR) is 103 cm³/mol. The van der Waals surface area contributed by atoms with E-state index in [1.807, 2.05) is 30.3 Å². The molecule has 6 nitrogen and oxygen atoms in total. The SMILES string of the molecule is COC(=O)[C@H]1[C@H]2C=C(c3ccccc3)C[C@]1(C(=O)OC)[C@H](C1OCCO1)C21CC1. The third kappa shape index (κ3) is 2.48. The minimum Gasteiger partial charge on any atom is -0.469 e. The summed E-state index contributed by atoms with van der Waals surface area (Å²) in [5, 5.41) is 0. The largest absolute Gasteiger partial charge is 0.469 e. The fraction of sp³-hybridized carbons (Fsp3) is 0.565. The number of allylic oxidation sites excluding steroid dienone is 2. The summed E-state index contributed by atoms with van der Waals surface area (Å²) in [5.74, 6) is -1.65. The monoisotopic (exact) mass is 398 g/mol. The van der Waals surface area contributed by atoms with Gasteiger partial charge in [-0.3, -0.25) is 9.59 Å². The molecule has 4 aliphatic rings. The second-order valence-electron chi connectivity index (χ2n) is 8.61. The average molecular weight is 398 g/mol. The Kier molecular flexibility index (Phi) is 4.33. The van der Waals surface area contributed by atoms with Gasteiger partial charge in [-0.1, -0.05) is 36.4 Å². The molecule has 0 radical (unpaired) electrons. The number of carbonyl (C=O) groups excluding carboxylic acids is 2. The molecule has 0 amide bonds. The van der Waals surface area contributed by atoms with Gasteiger partial charge in [0.2, 0.25) is 0 Å². The molecule has 1 saturated heterocycles. The quantitative estimate of drug-likeness (QED) is 0.727. The fourth-order valence-electron chi connectivity index (χ4n) is 6.36. The van der Waals surface area contributed by atoms with Crippen LogP contribution in [-0.4, -0.2) is 45.7 Å². The first-order valence-corrected chi connectivity index (χ1v) is 10.2. The van der Waals surface area contributed by atoms with Crippen LogP contribution in [0.15, 0.2) is 36.4 Å². The molecule has 0 aromatic heterocycles. The molecule has 1 aromatic rings. The van der Waals surface area contributed by atoms with Crippen molar-refractivity contribution >= 4 is 17.5 Å². The lowest BCUT2D eigenvalue weighted by Crippen LogP contribution is -2.50. The van der Waals surface area contributed by atoms with Crippen LogP contribution < -0.4 is 0 Å². The summed E-state index contributed by atoms with van der Waals surface area (Å²) in [6.45, 7) is 1.00. The second-order valence-corrected chi connectivity index (χ2v) is 8.61. The number of ether oxygens (including phenoxy) is 4. The number of rotatable bonds is 4. The molecule has 3 aliphatic carbocycles. The first kappa shape index (κ1) is 18.8. The van der Waals surface area contributed by atoms with Crippen molar-refractivity contribution in [2.24, 2.45) is 28.6 Å². The van der Waals surface area contributed by atoms with Gasteiger partial charge in [0.1, 0.15) is 0 Å². The molecule has 1 aromatic carbocycles. The second kappa shape index (κ2) is 6.67. The molecule has 0 N–H and O–H groups in total. The van der Waals surface area contributed by atoms with Crippen molar-refractivity contribution in [1.29, 1.82) is 0 Å². The van der Waals surface area contributed by atoms with Gasteiger partial charge in [0.15, 0.2) is 6.29 Å². The highest BCUT2D eigenvalue weighted by Crippen LogP contribution is 2.77. The van der Waals surface area contributed by atoms with E-state index < -0.39 is 17.6 Å². The van der Waals surface area contributed by atoms with Crippen molar-refractivity contribution < 1.29 is 28.5 Å². The van der Waals surface area contributed by atoms with Crippen LogP contribution in [0.5, 0.6) is 0 Å². The van der Waals surface area contributed by atoms with Gasteiger partial charge in [0, 0.05) is 5.92 Å². The summed E-state index contributed by atoms with van der Waals surface area (Å²) in [4.78, 5) is 26.5. The highest BCUT2D eigenvalue weighted by Gasteiger charge is 2.79. The molecular formula is C23H26O6. The van der Waals surface area contributed by atoms with E-state index >= 15 is 0 Å². The Labute approximate surface area is 170 Å². The zero-order valence-corrected chi connectivity index (χ0v) is 16.8. The van der Waals surface area contributed by atoms with Crippen molar-refractivity contribution in [3.63, 3.8) is 0 Å². The molecule has 2 bridgehead atoms. The van der Waals surface area contributed by atoms with Crippen LogP contribution >= 0.6 is 0 Å². The van der Waals surface area contributed by atoms with E-state index in [9.17, 15) is 9.59 Å². The van der Waals surface area contributed by atoms with Crippen LogP contribution in [0.2, 0.25) is 0 Å².